The maximum absolute atomic E-state index is 13.0. The third-order valence-corrected chi connectivity index (χ3v) is 5.36. The number of ether oxygens (including phenoxy) is 2. The molecule has 33 heavy (non-hydrogen) atoms. The SMILES string of the molecule is COC(=O)CCCCCCNC(=O)c1cn(Cc2ccccc2)nc1-c1cccc(OC)c1. The van der Waals surface area contributed by atoms with Crippen molar-refractivity contribution in [1.82, 2.24) is 15.1 Å². The quantitative estimate of drug-likeness (QED) is 0.326. The number of benzene rings is 2. The molecular formula is C26H31N3O4. The smallest absolute Gasteiger partial charge is 0.305 e. The summed E-state index contributed by atoms with van der Waals surface area (Å²) in [7, 11) is 3.02. The summed E-state index contributed by atoms with van der Waals surface area (Å²) in [5, 5.41) is 7.73. The van der Waals surface area contributed by atoms with Crippen molar-refractivity contribution in [3.05, 3.63) is 71.9 Å². The molecule has 0 aliphatic heterocycles. The minimum absolute atomic E-state index is 0.151. The van der Waals surface area contributed by atoms with E-state index in [4.69, 9.17) is 9.84 Å². The van der Waals surface area contributed by atoms with Gasteiger partial charge in [-0.3, -0.25) is 14.3 Å². The van der Waals surface area contributed by atoms with Gasteiger partial charge < -0.3 is 14.8 Å². The van der Waals surface area contributed by atoms with E-state index >= 15 is 0 Å². The van der Waals surface area contributed by atoms with E-state index < -0.39 is 0 Å². The fourth-order valence-electron chi connectivity index (χ4n) is 3.57. The van der Waals surface area contributed by atoms with Gasteiger partial charge in [0.25, 0.3) is 5.91 Å². The third-order valence-electron chi connectivity index (χ3n) is 5.36. The Hall–Kier alpha value is -3.61. The number of unbranched alkanes of at least 4 members (excludes halogenated alkanes) is 3. The number of rotatable bonds is 12. The van der Waals surface area contributed by atoms with Gasteiger partial charge in [-0.1, -0.05) is 55.3 Å². The monoisotopic (exact) mass is 449 g/mol. The fraction of sp³-hybridized carbons (Fsp3) is 0.346. The Kier molecular flexibility index (Phi) is 9.06. The highest BCUT2D eigenvalue weighted by atomic mass is 16.5. The Morgan fingerprint density at radius 2 is 1.76 bits per heavy atom. The van der Waals surface area contributed by atoms with Crippen LogP contribution in [0.15, 0.2) is 60.8 Å². The van der Waals surface area contributed by atoms with E-state index in [-0.39, 0.29) is 11.9 Å². The summed E-state index contributed by atoms with van der Waals surface area (Å²) in [6, 6.07) is 17.6. The van der Waals surface area contributed by atoms with E-state index in [1.807, 2.05) is 54.6 Å². The molecule has 0 spiro atoms. The number of nitrogens with one attached hydrogen (secondary N) is 1. The summed E-state index contributed by atoms with van der Waals surface area (Å²) in [4.78, 5) is 24.2. The van der Waals surface area contributed by atoms with Crippen molar-refractivity contribution in [3.8, 4) is 17.0 Å². The summed E-state index contributed by atoms with van der Waals surface area (Å²) in [5.74, 6) is 0.381. The highest BCUT2D eigenvalue weighted by molar-refractivity contribution is 5.99. The molecule has 0 saturated heterocycles. The molecule has 0 fully saturated rings. The van der Waals surface area contributed by atoms with E-state index in [9.17, 15) is 9.59 Å². The molecule has 3 aromatic rings. The lowest BCUT2D eigenvalue weighted by Crippen LogP contribution is -2.24. The Labute approximate surface area is 194 Å². The van der Waals surface area contributed by atoms with E-state index in [2.05, 4.69) is 10.1 Å². The fourth-order valence-corrected chi connectivity index (χ4v) is 3.57. The van der Waals surface area contributed by atoms with Gasteiger partial charge in [-0.2, -0.15) is 5.10 Å². The number of hydrogen-bond acceptors (Lipinski definition) is 5. The molecule has 1 N–H and O–H groups in total. The van der Waals surface area contributed by atoms with Gasteiger partial charge in [-0.15, -0.1) is 0 Å². The minimum atomic E-state index is -0.180. The predicted molar refractivity (Wildman–Crippen MR) is 127 cm³/mol. The van der Waals surface area contributed by atoms with Crippen molar-refractivity contribution in [2.75, 3.05) is 20.8 Å². The summed E-state index contributed by atoms with van der Waals surface area (Å²) in [6.07, 6.45) is 5.75. The number of nitrogens with zero attached hydrogens (tertiary/aromatic N) is 2. The van der Waals surface area contributed by atoms with Crippen LogP contribution in [-0.4, -0.2) is 42.4 Å². The lowest BCUT2D eigenvalue weighted by molar-refractivity contribution is -0.140. The van der Waals surface area contributed by atoms with E-state index in [0.717, 1.165) is 36.8 Å². The zero-order valence-corrected chi connectivity index (χ0v) is 19.3. The summed E-state index contributed by atoms with van der Waals surface area (Å²) < 4.78 is 11.8. The first-order chi connectivity index (χ1) is 16.1. The molecule has 2 aromatic carbocycles. The van der Waals surface area contributed by atoms with Crippen molar-refractivity contribution in [3.63, 3.8) is 0 Å². The Bertz CT molecular complexity index is 1050. The van der Waals surface area contributed by atoms with E-state index in [1.165, 1.54) is 7.11 Å². The standard InChI is InChI=1S/C26H31N3O4/c1-32-22-14-10-13-21(17-22)25-23(19-29(28-25)18-20-11-6-5-7-12-20)26(31)27-16-9-4-3-8-15-24(30)33-2/h5-7,10-14,17,19H,3-4,8-9,15-16,18H2,1-2H3,(H,27,31). The molecule has 0 unspecified atom stereocenters. The van der Waals surface area contributed by atoms with Crippen LogP contribution in [0.4, 0.5) is 0 Å². The molecule has 3 rings (SSSR count). The van der Waals surface area contributed by atoms with Crippen molar-refractivity contribution < 1.29 is 19.1 Å². The lowest BCUT2D eigenvalue weighted by atomic mass is 10.1. The predicted octanol–water partition coefficient (Wildman–Crippen LogP) is 4.46. The Morgan fingerprint density at radius 1 is 0.970 bits per heavy atom. The van der Waals surface area contributed by atoms with Gasteiger partial charge in [-0.05, 0) is 30.5 Å². The van der Waals surface area contributed by atoms with Gasteiger partial charge >= 0.3 is 5.97 Å². The zero-order chi connectivity index (χ0) is 23.5. The molecule has 174 valence electrons. The highest BCUT2D eigenvalue weighted by Gasteiger charge is 2.18. The molecule has 0 saturated carbocycles. The van der Waals surface area contributed by atoms with Crippen LogP contribution in [0.3, 0.4) is 0 Å². The van der Waals surface area contributed by atoms with Crippen molar-refractivity contribution in [2.24, 2.45) is 0 Å². The molecule has 0 radical (unpaired) electrons. The van der Waals surface area contributed by atoms with Gasteiger partial charge in [0.15, 0.2) is 0 Å². The number of esters is 1. The van der Waals surface area contributed by atoms with E-state index in [0.29, 0.717) is 36.5 Å². The summed E-state index contributed by atoms with van der Waals surface area (Å²) in [5.41, 5.74) is 3.09. The van der Waals surface area contributed by atoms with Crippen LogP contribution in [-0.2, 0) is 16.1 Å². The van der Waals surface area contributed by atoms with Gasteiger partial charge in [0.05, 0.1) is 26.3 Å². The number of hydrogen-bond donors (Lipinski definition) is 1. The highest BCUT2D eigenvalue weighted by Crippen LogP contribution is 2.26. The number of methoxy groups -OCH3 is 2. The van der Waals surface area contributed by atoms with Crippen LogP contribution in [0, 0.1) is 0 Å². The van der Waals surface area contributed by atoms with Crippen LogP contribution in [0.5, 0.6) is 5.75 Å². The van der Waals surface area contributed by atoms with Crippen molar-refractivity contribution in [1.29, 1.82) is 0 Å². The van der Waals surface area contributed by atoms with Gasteiger partial charge in [0.2, 0.25) is 0 Å². The molecule has 7 nitrogen and oxygen atoms in total. The van der Waals surface area contributed by atoms with Gasteiger partial charge in [0.1, 0.15) is 11.4 Å². The van der Waals surface area contributed by atoms with Crippen LogP contribution in [0.25, 0.3) is 11.3 Å². The van der Waals surface area contributed by atoms with Crippen LogP contribution in [0.1, 0.15) is 48.0 Å². The average molecular weight is 450 g/mol. The molecule has 1 aromatic heterocycles. The third kappa shape index (κ3) is 7.20. The first kappa shape index (κ1) is 24.0. The molecular weight excluding hydrogens is 418 g/mol. The number of amides is 1. The van der Waals surface area contributed by atoms with Crippen LogP contribution < -0.4 is 10.1 Å². The lowest BCUT2D eigenvalue weighted by Gasteiger charge is -2.07. The number of aromatic nitrogens is 2. The van der Waals surface area contributed by atoms with Crippen molar-refractivity contribution in [2.45, 2.75) is 38.6 Å². The maximum atomic E-state index is 13.0. The second-order valence-corrected chi connectivity index (χ2v) is 7.80. The summed E-state index contributed by atoms with van der Waals surface area (Å²) >= 11 is 0. The second kappa shape index (κ2) is 12.4. The number of carbonyl (C=O) groups excluding carboxylic acids is 2. The first-order valence-corrected chi connectivity index (χ1v) is 11.2. The minimum Gasteiger partial charge on any atom is -0.497 e. The average Bonchev–Trinajstić information content (AvgIpc) is 3.27. The zero-order valence-electron chi connectivity index (χ0n) is 19.3. The summed E-state index contributed by atoms with van der Waals surface area (Å²) in [6.45, 7) is 1.14. The molecule has 0 atom stereocenters. The largest absolute Gasteiger partial charge is 0.497 e. The second-order valence-electron chi connectivity index (χ2n) is 7.80. The first-order valence-electron chi connectivity index (χ1n) is 11.2. The molecule has 1 heterocycles. The Balaban J connectivity index is 1.66. The molecule has 0 bridgehead atoms. The molecule has 0 aliphatic carbocycles. The topological polar surface area (TPSA) is 82.5 Å². The molecule has 1 amide bonds. The van der Waals surface area contributed by atoms with E-state index in [1.54, 1.807) is 18.0 Å². The Morgan fingerprint density at radius 3 is 2.52 bits per heavy atom. The van der Waals surface area contributed by atoms with Gasteiger partial charge in [-0.25, -0.2) is 0 Å². The molecule has 0 aliphatic rings. The van der Waals surface area contributed by atoms with Crippen LogP contribution >= 0.6 is 0 Å². The van der Waals surface area contributed by atoms with Gasteiger partial charge in [0, 0.05) is 24.7 Å². The number of carbonyl (C=O) groups is 2. The van der Waals surface area contributed by atoms with Crippen LogP contribution in [0.2, 0.25) is 0 Å². The maximum Gasteiger partial charge on any atom is 0.305 e. The molecule has 7 heteroatoms. The normalized spacial score (nSPS) is 10.6. The van der Waals surface area contributed by atoms with Crippen molar-refractivity contribution >= 4 is 11.9 Å².